The molecule has 1 N–H and O–H groups in total. The van der Waals surface area contributed by atoms with Crippen molar-refractivity contribution >= 4 is 40.2 Å². The Balaban J connectivity index is 1.80. The monoisotopic (exact) mass is 406 g/mol. The van der Waals surface area contributed by atoms with Crippen molar-refractivity contribution in [1.29, 1.82) is 0 Å². The zero-order chi connectivity index (χ0) is 19.4. The lowest BCUT2D eigenvalue weighted by molar-refractivity contribution is -0.120. The summed E-state index contributed by atoms with van der Waals surface area (Å²) in [7, 11) is 0. The first-order chi connectivity index (χ1) is 13.0. The highest BCUT2D eigenvalue weighted by molar-refractivity contribution is 6.30. The average molecular weight is 407 g/mol. The standard InChI is InChI=1S/C20H20Cl2N2O3/c1-2-7-24-12-14(19(26)17-9-16(10-21)27-20(17)24)8-18(25)23-11-13-3-5-15(22)6-4-13/h3-6,9,12H,2,7-8,10-11H2,1H3,(H,23,25). The zero-order valence-electron chi connectivity index (χ0n) is 14.9. The van der Waals surface area contributed by atoms with E-state index in [1.807, 2.05) is 23.6 Å². The smallest absolute Gasteiger partial charge is 0.224 e. The number of rotatable bonds is 7. The van der Waals surface area contributed by atoms with Gasteiger partial charge in [-0.2, -0.15) is 0 Å². The van der Waals surface area contributed by atoms with Crippen LogP contribution >= 0.6 is 23.2 Å². The molecule has 0 saturated carbocycles. The number of hydrogen-bond acceptors (Lipinski definition) is 3. The normalized spacial score (nSPS) is 11.1. The molecule has 0 bridgehead atoms. The van der Waals surface area contributed by atoms with Gasteiger partial charge in [0, 0.05) is 29.9 Å². The lowest BCUT2D eigenvalue weighted by Crippen LogP contribution is -2.27. The highest BCUT2D eigenvalue weighted by Gasteiger charge is 2.16. The molecule has 142 valence electrons. The number of aromatic nitrogens is 1. The van der Waals surface area contributed by atoms with Gasteiger partial charge in [0.1, 0.15) is 5.76 Å². The third-order valence-electron chi connectivity index (χ3n) is 4.22. The van der Waals surface area contributed by atoms with Gasteiger partial charge >= 0.3 is 0 Å². The molecule has 5 nitrogen and oxygen atoms in total. The highest BCUT2D eigenvalue weighted by atomic mass is 35.5. The van der Waals surface area contributed by atoms with Gasteiger partial charge in [0.2, 0.25) is 11.6 Å². The molecule has 0 atom stereocenters. The van der Waals surface area contributed by atoms with Crippen LogP contribution in [0.4, 0.5) is 0 Å². The summed E-state index contributed by atoms with van der Waals surface area (Å²) >= 11 is 11.7. The maximum Gasteiger partial charge on any atom is 0.224 e. The van der Waals surface area contributed by atoms with Crippen LogP contribution in [-0.2, 0) is 30.2 Å². The molecule has 0 radical (unpaired) electrons. The van der Waals surface area contributed by atoms with Gasteiger partial charge in [-0.25, -0.2) is 0 Å². The molecule has 1 aromatic carbocycles. The number of carbonyl (C=O) groups excluding carboxylic acids is 1. The number of carbonyl (C=O) groups is 1. The van der Waals surface area contributed by atoms with Crippen LogP contribution in [0.3, 0.4) is 0 Å². The van der Waals surface area contributed by atoms with Gasteiger partial charge in [-0.15, -0.1) is 11.6 Å². The first kappa shape index (κ1) is 19.5. The molecule has 0 unspecified atom stereocenters. The van der Waals surface area contributed by atoms with Crippen LogP contribution < -0.4 is 10.7 Å². The molecular formula is C20H20Cl2N2O3. The van der Waals surface area contributed by atoms with Gasteiger partial charge in [-0.05, 0) is 30.2 Å². The maximum atomic E-state index is 12.8. The topological polar surface area (TPSA) is 64.2 Å². The van der Waals surface area contributed by atoms with E-state index in [0.29, 0.717) is 40.5 Å². The lowest BCUT2D eigenvalue weighted by atomic mass is 10.1. The molecule has 2 heterocycles. The zero-order valence-corrected chi connectivity index (χ0v) is 16.4. The Morgan fingerprint density at radius 3 is 2.67 bits per heavy atom. The minimum atomic E-state index is -0.217. The predicted octanol–water partition coefficient (Wildman–Crippen LogP) is 4.26. The second-order valence-electron chi connectivity index (χ2n) is 6.32. The Morgan fingerprint density at radius 1 is 1.26 bits per heavy atom. The number of nitrogens with zero attached hydrogens (tertiary/aromatic N) is 1. The maximum absolute atomic E-state index is 12.8. The number of aryl methyl sites for hydroxylation is 1. The van der Waals surface area contributed by atoms with Gasteiger partial charge in [-0.1, -0.05) is 30.7 Å². The minimum absolute atomic E-state index is 0.00741. The number of benzene rings is 1. The summed E-state index contributed by atoms with van der Waals surface area (Å²) in [5, 5.41) is 3.94. The molecule has 0 aliphatic heterocycles. The molecule has 0 spiro atoms. The molecule has 27 heavy (non-hydrogen) atoms. The summed E-state index contributed by atoms with van der Waals surface area (Å²) in [4.78, 5) is 25.1. The van der Waals surface area contributed by atoms with E-state index in [4.69, 9.17) is 27.6 Å². The molecule has 0 aliphatic carbocycles. The summed E-state index contributed by atoms with van der Waals surface area (Å²) in [6.45, 7) is 3.10. The van der Waals surface area contributed by atoms with Crippen LogP contribution in [0.5, 0.6) is 0 Å². The fourth-order valence-corrected chi connectivity index (χ4v) is 3.18. The van der Waals surface area contributed by atoms with Crippen LogP contribution in [0.25, 0.3) is 11.1 Å². The number of hydrogen-bond donors (Lipinski definition) is 1. The minimum Gasteiger partial charge on any atom is -0.443 e. The molecule has 7 heteroatoms. The van der Waals surface area contributed by atoms with E-state index < -0.39 is 0 Å². The third kappa shape index (κ3) is 4.54. The summed E-state index contributed by atoms with van der Waals surface area (Å²) in [6.07, 6.45) is 2.59. The van der Waals surface area contributed by atoms with E-state index in [1.54, 1.807) is 24.4 Å². The fourth-order valence-electron chi connectivity index (χ4n) is 2.92. The summed E-state index contributed by atoms with van der Waals surface area (Å²) in [5.41, 5.74) is 1.68. The highest BCUT2D eigenvalue weighted by Crippen LogP contribution is 2.19. The van der Waals surface area contributed by atoms with E-state index >= 15 is 0 Å². The number of alkyl halides is 1. The van der Waals surface area contributed by atoms with Gasteiger partial charge in [0.15, 0.2) is 5.43 Å². The number of amides is 1. The number of furan rings is 1. The number of nitrogens with one attached hydrogen (secondary N) is 1. The summed E-state index contributed by atoms with van der Waals surface area (Å²) in [5.74, 6) is 0.514. The van der Waals surface area contributed by atoms with Crippen molar-refractivity contribution in [2.75, 3.05) is 0 Å². The van der Waals surface area contributed by atoms with Gasteiger partial charge in [0.05, 0.1) is 17.7 Å². The number of halogens is 2. The number of fused-ring (bicyclic) bond motifs is 1. The fraction of sp³-hybridized carbons (Fsp3) is 0.300. The van der Waals surface area contributed by atoms with Crippen LogP contribution in [-0.4, -0.2) is 10.5 Å². The summed E-state index contributed by atoms with van der Waals surface area (Å²) in [6, 6.07) is 8.90. The SMILES string of the molecule is CCCn1cc(CC(=O)NCc2ccc(Cl)cc2)c(=O)c2cc(CCl)oc21. The Kier molecular flexibility index (Phi) is 6.24. The van der Waals surface area contributed by atoms with Gasteiger partial charge < -0.3 is 14.3 Å². The molecular weight excluding hydrogens is 387 g/mol. The first-order valence-corrected chi connectivity index (χ1v) is 9.65. The predicted molar refractivity (Wildman–Crippen MR) is 107 cm³/mol. The first-order valence-electron chi connectivity index (χ1n) is 8.73. The van der Waals surface area contributed by atoms with E-state index in [-0.39, 0.29) is 23.6 Å². The Morgan fingerprint density at radius 2 is 2.00 bits per heavy atom. The second-order valence-corrected chi connectivity index (χ2v) is 7.03. The lowest BCUT2D eigenvalue weighted by Gasteiger charge is -2.10. The molecule has 0 fully saturated rings. The van der Waals surface area contributed by atoms with E-state index in [1.165, 1.54) is 0 Å². The van der Waals surface area contributed by atoms with Crippen molar-refractivity contribution in [2.45, 2.75) is 38.7 Å². The largest absolute Gasteiger partial charge is 0.443 e. The Labute approximate surface area is 166 Å². The van der Waals surface area contributed by atoms with E-state index in [9.17, 15) is 9.59 Å². The van der Waals surface area contributed by atoms with E-state index in [0.717, 1.165) is 12.0 Å². The van der Waals surface area contributed by atoms with Crippen LogP contribution in [0.15, 0.2) is 45.7 Å². The number of pyridine rings is 1. The molecule has 0 aliphatic rings. The molecule has 3 aromatic rings. The second kappa shape index (κ2) is 8.63. The van der Waals surface area contributed by atoms with Crippen LogP contribution in [0.1, 0.15) is 30.2 Å². The average Bonchev–Trinajstić information content (AvgIpc) is 3.10. The van der Waals surface area contributed by atoms with Crippen molar-refractivity contribution < 1.29 is 9.21 Å². The van der Waals surface area contributed by atoms with Crippen molar-refractivity contribution in [3.63, 3.8) is 0 Å². The molecule has 1 amide bonds. The quantitative estimate of drug-likeness (QED) is 0.596. The molecule has 0 saturated heterocycles. The van der Waals surface area contributed by atoms with Crippen molar-refractivity contribution in [3.05, 3.63) is 68.7 Å². The molecule has 3 rings (SSSR count). The van der Waals surface area contributed by atoms with Crippen LogP contribution in [0.2, 0.25) is 5.02 Å². The van der Waals surface area contributed by atoms with Crippen molar-refractivity contribution in [3.8, 4) is 0 Å². The van der Waals surface area contributed by atoms with E-state index in [2.05, 4.69) is 5.32 Å². The van der Waals surface area contributed by atoms with Crippen LogP contribution in [0, 0.1) is 0 Å². The molecule has 2 aromatic heterocycles. The Bertz CT molecular complexity index is 1010. The van der Waals surface area contributed by atoms with Crippen molar-refractivity contribution in [1.82, 2.24) is 9.88 Å². The third-order valence-corrected chi connectivity index (χ3v) is 4.74. The Hall–Kier alpha value is -2.24. The van der Waals surface area contributed by atoms with Crippen molar-refractivity contribution in [2.24, 2.45) is 0 Å². The van der Waals surface area contributed by atoms with Gasteiger partial charge in [-0.3, -0.25) is 9.59 Å². The van der Waals surface area contributed by atoms with Gasteiger partial charge in [0.25, 0.3) is 0 Å². The summed E-state index contributed by atoms with van der Waals surface area (Å²) < 4.78 is 7.55.